The summed E-state index contributed by atoms with van der Waals surface area (Å²) in [4.78, 5) is 11.0. The molecule has 0 bridgehead atoms. The van der Waals surface area contributed by atoms with Crippen LogP contribution >= 0.6 is 24.0 Å². The maximum Gasteiger partial charge on any atom is 0.193 e. The highest BCUT2D eigenvalue weighted by atomic mass is 127. The van der Waals surface area contributed by atoms with Crippen LogP contribution in [-0.4, -0.2) is 48.2 Å². The summed E-state index contributed by atoms with van der Waals surface area (Å²) in [6.45, 7) is 2.31. The summed E-state index contributed by atoms with van der Waals surface area (Å²) < 4.78 is 7.65. The third-order valence-corrected chi connectivity index (χ3v) is 4.80. The van der Waals surface area contributed by atoms with Crippen molar-refractivity contribution in [3.8, 4) is 5.75 Å². The third kappa shape index (κ3) is 6.48. The number of nitrogens with one attached hydrogen (secondary N) is 1. The number of nitrogens with zero attached hydrogens (tertiary/aromatic N) is 4. The highest BCUT2D eigenvalue weighted by Crippen LogP contribution is 2.18. The Morgan fingerprint density at radius 3 is 2.60 bits per heavy atom. The fraction of sp³-hybridized carbons (Fsp3) is 0.304. The van der Waals surface area contributed by atoms with Gasteiger partial charge in [-0.15, -0.1) is 24.0 Å². The van der Waals surface area contributed by atoms with E-state index in [0.29, 0.717) is 6.54 Å². The molecular weight excluding hydrogens is 489 g/mol. The van der Waals surface area contributed by atoms with E-state index in [0.717, 1.165) is 42.6 Å². The summed E-state index contributed by atoms with van der Waals surface area (Å²) >= 11 is 0. The van der Waals surface area contributed by atoms with Crippen LogP contribution in [0.5, 0.6) is 5.75 Å². The Labute approximate surface area is 196 Å². The van der Waals surface area contributed by atoms with Gasteiger partial charge >= 0.3 is 0 Å². The van der Waals surface area contributed by atoms with E-state index in [1.807, 2.05) is 43.7 Å². The van der Waals surface area contributed by atoms with Crippen molar-refractivity contribution in [1.82, 2.24) is 19.8 Å². The molecule has 0 saturated carbocycles. The molecule has 0 fully saturated rings. The number of halogens is 1. The number of benzene rings is 2. The molecule has 1 N–H and O–H groups in total. The molecule has 0 atom stereocenters. The molecule has 2 aromatic carbocycles. The molecule has 0 saturated heterocycles. The van der Waals surface area contributed by atoms with Gasteiger partial charge in [-0.25, -0.2) is 4.98 Å². The molecule has 3 rings (SSSR count). The highest BCUT2D eigenvalue weighted by Gasteiger charge is 2.10. The average Bonchev–Trinajstić information content (AvgIpc) is 3.19. The SMILES string of the molecule is CN=C(NCCc1nccn1Cc1ccccc1)N(C)Cc1ccccc1OC.I. The normalized spacial score (nSPS) is 11.0. The Morgan fingerprint density at radius 2 is 1.87 bits per heavy atom. The molecule has 0 aliphatic heterocycles. The van der Waals surface area contributed by atoms with Crippen LogP contribution in [0.2, 0.25) is 0 Å². The second-order valence-electron chi connectivity index (χ2n) is 6.85. The Bertz CT molecular complexity index is 926. The van der Waals surface area contributed by atoms with E-state index < -0.39 is 0 Å². The highest BCUT2D eigenvalue weighted by molar-refractivity contribution is 14.0. The second kappa shape index (κ2) is 12.2. The Balaban J connectivity index is 0.00000320. The summed E-state index contributed by atoms with van der Waals surface area (Å²) in [6.07, 6.45) is 4.72. The predicted octanol–water partition coefficient (Wildman–Crippen LogP) is 3.81. The molecule has 0 radical (unpaired) electrons. The van der Waals surface area contributed by atoms with Crippen molar-refractivity contribution in [3.63, 3.8) is 0 Å². The molecule has 0 aliphatic rings. The lowest BCUT2D eigenvalue weighted by molar-refractivity contribution is 0.396. The predicted molar refractivity (Wildman–Crippen MR) is 133 cm³/mol. The molecule has 0 unspecified atom stereocenters. The van der Waals surface area contributed by atoms with E-state index in [1.54, 1.807) is 14.2 Å². The zero-order chi connectivity index (χ0) is 20.5. The van der Waals surface area contributed by atoms with E-state index in [2.05, 4.69) is 55.1 Å². The number of aliphatic imine (C=N–C) groups is 1. The zero-order valence-corrected chi connectivity index (χ0v) is 20.1. The Hall–Kier alpha value is -2.55. The molecule has 6 nitrogen and oxygen atoms in total. The van der Waals surface area contributed by atoms with E-state index in [1.165, 1.54) is 5.56 Å². The van der Waals surface area contributed by atoms with Gasteiger partial charge in [-0.1, -0.05) is 48.5 Å². The first-order valence-electron chi connectivity index (χ1n) is 9.79. The van der Waals surface area contributed by atoms with E-state index >= 15 is 0 Å². The molecule has 0 amide bonds. The van der Waals surface area contributed by atoms with Crippen LogP contribution in [-0.2, 0) is 19.5 Å². The fourth-order valence-corrected chi connectivity index (χ4v) is 3.33. The van der Waals surface area contributed by atoms with Crippen molar-refractivity contribution in [2.24, 2.45) is 4.99 Å². The van der Waals surface area contributed by atoms with Gasteiger partial charge in [0.1, 0.15) is 11.6 Å². The van der Waals surface area contributed by atoms with Gasteiger partial charge in [0.2, 0.25) is 0 Å². The standard InChI is InChI=1S/C23H29N5O.HI/c1-24-23(27(2)18-20-11-7-8-12-21(20)29-3)26-14-13-22-25-15-16-28(22)17-19-9-5-4-6-10-19;/h4-12,15-16H,13-14,17-18H2,1-3H3,(H,24,26);1H. The monoisotopic (exact) mass is 519 g/mol. The van der Waals surface area contributed by atoms with Gasteiger partial charge in [-0.2, -0.15) is 0 Å². The first-order valence-corrected chi connectivity index (χ1v) is 9.79. The molecule has 3 aromatic rings. The van der Waals surface area contributed by atoms with Crippen LogP contribution in [0.1, 0.15) is 17.0 Å². The van der Waals surface area contributed by atoms with Gasteiger partial charge in [-0.3, -0.25) is 4.99 Å². The Kier molecular flexibility index (Phi) is 9.66. The largest absolute Gasteiger partial charge is 0.496 e. The van der Waals surface area contributed by atoms with Crippen LogP contribution < -0.4 is 10.1 Å². The smallest absolute Gasteiger partial charge is 0.193 e. The van der Waals surface area contributed by atoms with Crippen molar-refractivity contribution in [1.29, 1.82) is 0 Å². The van der Waals surface area contributed by atoms with Gasteiger partial charge in [0.25, 0.3) is 0 Å². The van der Waals surface area contributed by atoms with Crippen LogP contribution in [0.4, 0.5) is 0 Å². The molecule has 0 spiro atoms. The van der Waals surface area contributed by atoms with Crippen molar-refractivity contribution in [2.75, 3.05) is 27.7 Å². The van der Waals surface area contributed by atoms with Gasteiger partial charge in [0, 0.05) is 58.1 Å². The quantitative estimate of drug-likeness (QED) is 0.280. The maximum absolute atomic E-state index is 5.45. The summed E-state index contributed by atoms with van der Waals surface area (Å²) in [6, 6.07) is 18.5. The van der Waals surface area contributed by atoms with Gasteiger partial charge in [0.15, 0.2) is 5.96 Å². The summed E-state index contributed by atoms with van der Waals surface area (Å²) in [7, 11) is 5.53. The van der Waals surface area contributed by atoms with Crippen molar-refractivity contribution < 1.29 is 4.74 Å². The van der Waals surface area contributed by atoms with Crippen LogP contribution in [0.15, 0.2) is 72.0 Å². The number of ether oxygens (including phenoxy) is 1. The van der Waals surface area contributed by atoms with E-state index in [-0.39, 0.29) is 24.0 Å². The molecule has 1 heterocycles. The first kappa shape index (κ1) is 23.7. The molecule has 160 valence electrons. The minimum absolute atomic E-state index is 0. The second-order valence-corrected chi connectivity index (χ2v) is 6.85. The number of imidazole rings is 1. The lowest BCUT2D eigenvalue weighted by atomic mass is 10.2. The molecular formula is C23H30IN5O. The summed E-state index contributed by atoms with van der Waals surface area (Å²) in [5, 5.41) is 3.44. The number of para-hydroxylation sites is 1. The number of hydrogen-bond acceptors (Lipinski definition) is 3. The minimum Gasteiger partial charge on any atom is -0.496 e. The number of methoxy groups -OCH3 is 1. The van der Waals surface area contributed by atoms with Crippen LogP contribution in [0.3, 0.4) is 0 Å². The molecule has 0 aliphatic carbocycles. The molecule has 1 aromatic heterocycles. The minimum atomic E-state index is 0. The summed E-state index contributed by atoms with van der Waals surface area (Å²) in [5.74, 6) is 2.79. The maximum atomic E-state index is 5.45. The lowest BCUT2D eigenvalue weighted by Gasteiger charge is -2.23. The number of hydrogen-bond donors (Lipinski definition) is 1. The van der Waals surface area contributed by atoms with Gasteiger partial charge < -0.3 is 19.5 Å². The van der Waals surface area contributed by atoms with E-state index in [9.17, 15) is 0 Å². The lowest BCUT2D eigenvalue weighted by Crippen LogP contribution is -2.39. The van der Waals surface area contributed by atoms with Crippen LogP contribution in [0, 0.1) is 0 Å². The van der Waals surface area contributed by atoms with Gasteiger partial charge in [-0.05, 0) is 11.6 Å². The average molecular weight is 519 g/mol. The topological polar surface area (TPSA) is 54.7 Å². The number of rotatable bonds is 8. The first-order chi connectivity index (χ1) is 14.2. The Morgan fingerprint density at radius 1 is 1.13 bits per heavy atom. The van der Waals surface area contributed by atoms with E-state index in [4.69, 9.17) is 4.74 Å². The number of guanidine groups is 1. The van der Waals surface area contributed by atoms with Crippen molar-refractivity contribution in [2.45, 2.75) is 19.5 Å². The molecule has 7 heteroatoms. The number of aromatic nitrogens is 2. The summed E-state index contributed by atoms with van der Waals surface area (Å²) in [5.41, 5.74) is 2.39. The fourth-order valence-electron chi connectivity index (χ4n) is 3.33. The van der Waals surface area contributed by atoms with Crippen molar-refractivity contribution >= 4 is 29.9 Å². The third-order valence-electron chi connectivity index (χ3n) is 4.80. The zero-order valence-electron chi connectivity index (χ0n) is 17.8. The van der Waals surface area contributed by atoms with Crippen LogP contribution in [0.25, 0.3) is 0 Å². The van der Waals surface area contributed by atoms with Crippen molar-refractivity contribution in [3.05, 3.63) is 83.9 Å². The van der Waals surface area contributed by atoms with Gasteiger partial charge in [0.05, 0.1) is 7.11 Å². The molecule has 30 heavy (non-hydrogen) atoms.